The fourth-order valence-corrected chi connectivity index (χ4v) is 2.38. The Morgan fingerprint density at radius 2 is 2.41 bits per heavy atom. The molecule has 4 heteroatoms. The molecule has 94 valence electrons. The van der Waals surface area contributed by atoms with E-state index in [0.717, 1.165) is 55.9 Å². The molecule has 2 N–H and O–H groups in total. The smallest absolute Gasteiger partial charge is 0.223 e. The van der Waals surface area contributed by atoms with Gasteiger partial charge in [-0.25, -0.2) is 4.98 Å². The molecule has 0 saturated heterocycles. The van der Waals surface area contributed by atoms with Crippen LogP contribution in [0, 0.1) is 12.8 Å². The minimum atomic E-state index is 0.124. The van der Waals surface area contributed by atoms with Crippen molar-refractivity contribution in [3.05, 3.63) is 17.2 Å². The lowest BCUT2D eigenvalue weighted by Crippen LogP contribution is -2.34. The van der Waals surface area contributed by atoms with E-state index in [-0.39, 0.29) is 11.8 Å². The molecule has 0 radical (unpaired) electrons. The number of unbranched alkanes of at least 4 members (excludes halogenated alkanes) is 1. The number of imidazole rings is 1. The number of carbonyl (C=O) groups is 1. The number of rotatable bonds is 4. The van der Waals surface area contributed by atoms with Crippen LogP contribution in [0.25, 0.3) is 0 Å². The molecular formula is C13H21N3O. The third-order valence-corrected chi connectivity index (χ3v) is 3.36. The monoisotopic (exact) mass is 235 g/mol. The molecular weight excluding hydrogens is 214 g/mol. The number of aromatic nitrogens is 2. The van der Waals surface area contributed by atoms with Crippen LogP contribution in [0.1, 0.15) is 43.4 Å². The molecule has 1 aliphatic rings. The molecule has 0 aliphatic heterocycles. The highest BCUT2D eigenvalue weighted by Gasteiger charge is 2.26. The summed E-state index contributed by atoms with van der Waals surface area (Å²) in [6.45, 7) is 4.90. The SMILES string of the molecule is CCCCNC(=O)C1CCc2nc(C)[nH]c2C1. The van der Waals surface area contributed by atoms with Gasteiger partial charge in [-0.15, -0.1) is 0 Å². The van der Waals surface area contributed by atoms with E-state index >= 15 is 0 Å². The summed E-state index contributed by atoms with van der Waals surface area (Å²) < 4.78 is 0. The summed E-state index contributed by atoms with van der Waals surface area (Å²) in [7, 11) is 0. The normalized spacial score (nSPS) is 18.8. The quantitative estimate of drug-likeness (QED) is 0.781. The number of fused-ring (bicyclic) bond motifs is 1. The fraction of sp³-hybridized carbons (Fsp3) is 0.692. The van der Waals surface area contributed by atoms with Crippen molar-refractivity contribution in [2.24, 2.45) is 5.92 Å². The van der Waals surface area contributed by atoms with Crippen LogP contribution in [0.2, 0.25) is 0 Å². The van der Waals surface area contributed by atoms with Gasteiger partial charge in [0.05, 0.1) is 5.69 Å². The highest BCUT2D eigenvalue weighted by Crippen LogP contribution is 2.23. The van der Waals surface area contributed by atoms with E-state index in [1.54, 1.807) is 0 Å². The van der Waals surface area contributed by atoms with Crippen LogP contribution in [-0.4, -0.2) is 22.4 Å². The maximum absolute atomic E-state index is 11.9. The number of nitrogens with zero attached hydrogens (tertiary/aromatic N) is 1. The maximum atomic E-state index is 11.9. The summed E-state index contributed by atoms with van der Waals surface area (Å²) in [4.78, 5) is 19.6. The number of aromatic amines is 1. The molecule has 1 heterocycles. The van der Waals surface area contributed by atoms with Crippen molar-refractivity contribution in [2.75, 3.05) is 6.54 Å². The van der Waals surface area contributed by atoms with Gasteiger partial charge in [0.2, 0.25) is 5.91 Å². The molecule has 2 rings (SSSR count). The Hall–Kier alpha value is -1.32. The summed E-state index contributed by atoms with van der Waals surface area (Å²) in [6.07, 6.45) is 4.84. The zero-order chi connectivity index (χ0) is 12.3. The second-order valence-corrected chi connectivity index (χ2v) is 4.83. The van der Waals surface area contributed by atoms with E-state index in [1.807, 2.05) is 6.92 Å². The lowest BCUT2D eigenvalue weighted by molar-refractivity contribution is -0.125. The Bertz CT molecular complexity index is 397. The molecule has 17 heavy (non-hydrogen) atoms. The van der Waals surface area contributed by atoms with Crippen LogP contribution in [0.3, 0.4) is 0 Å². The number of amides is 1. The van der Waals surface area contributed by atoms with Crippen molar-refractivity contribution in [3.63, 3.8) is 0 Å². The minimum Gasteiger partial charge on any atom is -0.356 e. The first-order chi connectivity index (χ1) is 8.20. The van der Waals surface area contributed by atoms with Crippen LogP contribution in [0.4, 0.5) is 0 Å². The largest absolute Gasteiger partial charge is 0.356 e. The second-order valence-electron chi connectivity index (χ2n) is 4.83. The van der Waals surface area contributed by atoms with Crippen LogP contribution >= 0.6 is 0 Å². The molecule has 1 amide bonds. The Morgan fingerprint density at radius 3 is 3.18 bits per heavy atom. The molecule has 0 saturated carbocycles. The first kappa shape index (κ1) is 12.1. The van der Waals surface area contributed by atoms with Gasteiger partial charge in [0, 0.05) is 24.6 Å². The van der Waals surface area contributed by atoms with Gasteiger partial charge in [0.15, 0.2) is 0 Å². The highest BCUT2D eigenvalue weighted by atomic mass is 16.1. The topological polar surface area (TPSA) is 57.8 Å². The van der Waals surface area contributed by atoms with Crippen molar-refractivity contribution in [1.29, 1.82) is 0 Å². The zero-order valence-electron chi connectivity index (χ0n) is 10.7. The zero-order valence-corrected chi connectivity index (χ0v) is 10.7. The maximum Gasteiger partial charge on any atom is 0.223 e. The van der Waals surface area contributed by atoms with Crippen LogP contribution in [0.5, 0.6) is 0 Å². The van der Waals surface area contributed by atoms with Crippen molar-refractivity contribution < 1.29 is 4.79 Å². The summed E-state index contributed by atoms with van der Waals surface area (Å²) >= 11 is 0. The standard InChI is InChI=1S/C13H21N3O/c1-3-4-7-14-13(17)10-5-6-11-12(8-10)16-9(2)15-11/h10H,3-8H2,1-2H3,(H,14,17)(H,15,16). The number of H-pyrrole nitrogens is 1. The third-order valence-electron chi connectivity index (χ3n) is 3.36. The molecule has 0 aromatic carbocycles. The summed E-state index contributed by atoms with van der Waals surface area (Å²) in [6, 6.07) is 0. The number of hydrogen-bond donors (Lipinski definition) is 2. The van der Waals surface area contributed by atoms with Gasteiger partial charge in [0.25, 0.3) is 0 Å². The highest BCUT2D eigenvalue weighted by molar-refractivity contribution is 5.79. The minimum absolute atomic E-state index is 0.124. The third kappa shape index (κ3) is 2.87. The van der Waals surface area contributed by atoms with Crippen molar-refractivity contribution in [3.8, 4) is 0 Å². The van der Waals surface area contributed by atoms with Gasteiger partial charge in [-0.1, -0.05) is 13.3 Å². The molecule has 0 fully saturated rings. The van der Waals surface area contributed by atoms with Gasteiger partial charge in [0.1, 0.15) is 5.82 Å². The second kappa shape index (κ2) is 5.34. The van der Waals surface area contributed by atoms with E-state index < -0.39 is 0 Å². The first-order valence-electron chi connectivity index (χ1n) is 6.52. The van der Waals surface area contributed by atoms with E-state index in [4.69, 9.17) is 0 Å². The molecule has 4 nitrogen and oxygen atoms in total. The lowest BCUT2D eigenvalue weighted by atomic mass is 9.89. The van der Waals surface area contributed by atoms with Gasteiger partial charge < -0.3 is 10.3 Å². The van der Waals surface area contributed by atoms with Crippen LogP contribution in [0.15, 0.2) is 0 Å². The molecule has 1 aliphatic carbocycles. The summed E-state index contributed by atoms with van der Waals surface area (Å²) in [5.74, 6) is 1.29. The Labute approximate surface area is 102 Å². The number of hydrogen-bond acceptors (Lipinski definition) is 2. The molecule has 1 aromatic rings. The Kier molecular flexibility index (Phi) is 3.82. The molecule has 0 spiro atoms. The predicted molar refractivity (Wildman–Crippen MR) is 66.8 cm³/mol. The predicted octanol–water partition coefficient (Wildman–Crippen LogP) is 1.74. The number of nitrogens with one attached hydrogen (secondary N) is 2. The average Bonchev–Trinajstić information content (AvgIpc) is 2.68. The van der Waals surface area contributed by atoms with Gasteiger partial charge >= 0.3 is 0 Å². The summed E-state index contributed by atoms with van der Waals surface area (Å²) in [5, 5.41) is 3.02. The van der Waals surface area contributed by atoms with Crippen LogP contribution in [-0.2, 0) is 17.6 Å². The van der Waals surface area contributed by atoms with Crippen molar-refractivity contribution in [2.45, 2.75) is 46.0 Å². The molecule has 1 aromatic heterocycles. The molecule has 0 bridgehead atoms. The Morgan fingerprint density at radius 1 is 1.59 bits per heavy atom. The molecule has 1 atom stereocenters. The van der Waals surface area contributed by atoms with E-state index in [1.165, 1.54) is 0 Å². The molecule has 1 unspecified atom stereocenters. The fourth-order valence-electron chi connectivity index (χ4n) is 2.38. The average molecular weight is 235 g/mol. The lowest BCUT2D eigenvalue weighted by Gasteiger charge is -2.20. The summed E-state index contributed by atoms with van der Waals surface area (Å²) in [5.41, 5.74) is 2.31. The van der Waals surface area contributed by atoms with Crippen molar-refractivity contribution >= 4 is 5.91 Å². The van der Waals surface area contributed by atoms with Gasteiger partial charge in [-0.3, -0.25) is 4.79 Å². The first-order valence-corrected chi connectivity index (χ1v) is 6.52. The number of carbonyl (C=O) groups excluding carboxylic acids is 1. The van der Waals surface area contributed by atoms with Gasteiger partial charge in [-0.2, -0.15) is 0 Å². The van der Waals surface area contributed by atoms with E-state index in [9.17, 15) is 4.79 Å². The Balaban J connectivity index is 1.90. The van der Waals surface area contributed by atoms with E-state index in [0.29, 0.717) is 0 Å². The van der Waals surface area contributed by atoms with E-state index in [2.05, 4.69) is 22.2 Å². The number of aryl methyl sites for hydroxylation is 2. The van der Waals surface area contributed by atoms with Crippen molar-refractivity contribution in [1.82, 2.24) is 15.3 Å². The van der Waals surface area contributed by atoms with Crippen LogP contribution < -0.4 is 5.32 Å². The van der Waals surface area contributed by atoms with Gasteiger partial charge in [-0.05, 0) is 26.2 Å².